The zero-order valence-electron chi connectivity index (χ0n) is 61.3. The summed E-state index contributed by atoms with van der Waals surface area (Å²) in [5.74, 6) is 3.20. The lowest BCUT2D eigenvalue weighted by atomic mass is 9.95. The van der Waals surface area contributed by atoms with Gasteiger partial charge in [-0.1, -0.05) is 106 Å². The maximum Gasteiger partial charge on any atom is 0.230 e. The second-order valence-electron chi connectivity index (χ2n) is 29.2. The van der Waals surface area contributed by atoms with E-state index in [4.69, 9.17) is 13.6 Å². The lowest BCUT2D eigenvalue weighted by molar-refractivity contribution is -0.137. The van der Waals surface area contributed by atoms with E-state index in [-0.39, 0.29) is 90.2 Å². The molecule has 6 fully saturated rings. The van der Waals surface area contributed by atoms with Crippen LogP contribution in [0, 0.1) is 38.5 Å². The second kappa shape index (κ2) is 29.7. The molecule has 12 aromatic rings. The van der Waals surface area contributed by atoms with Gasteiger partial charge in [-0.15, -0.1) is 0 Å². The van der Waals surface area contributed by atoms with Crippen LogP contribution in [0.15, 0.2) is 159 Å². The number of anilines is 3. The molecule has 6 aliphatic heterocycles. The van der Waals surface area contributed by atoms with Gasteiger partial charge in [-0.25, -0.2) is 0 Å². The van der Waals surface area contributed by atoms with Gasteiger partial charge in [-0.05, 0) is 114 Å². The maximum atomic E-state index is 13.2. The summed E-state index contributed by atoms with van der Waals surface area (Å²) >= 11 is 0. The van der Waals surface area contributed by atoms with Crippen molar-refractivity contribution >= 4 is 85.2 Å². The van der Waals surface area contributed by atoms with Crippen molar-refractivity contribution in [1.29, 1.82) is 0 Å². The molecular weight excluding hydrogens is 1370 g/mol. The molecule has 0 saturated carbocycles. The molecule has 12 heterocycles. The summed E-state index contributed by atoms with van der Waals surface area (Å²) in [7, 11) is 5.78. The molecule has 6 aromatic heterocycles. The lowest BCUT2D eigenvalue weighted by Gasteiger charge is -2.32. The number of aryl methyl sites for hydroxylation is 6. The quantitative estimate of drug-likeness (QED) is 0.110. The highest BCUT2D eigenvalue weighted by Gasteiger charge is 2.42. The minimum Gasteiger partial charge on any atom is -0.342 e. The van der Waals surface area contributed by atoms with Crippen LogP contribution in [0.3, 0.4) is 0 Å². The fourth-order valence-corrected chi connectivity index (χ4v) is 16.3. The number of aromatic nitrogens is 12. The molecular formula is C81H84N18O9. The van der Waals surface area contributed by atoms with Crippen LogP contribution >= 0.6 is 0 Å². The first-order valence-electron chi connectivity index (χ1n) is 37.2. The van der Waals surface area contributed by atoms with E-state index < -0.39 is 0 Å². The minimum atomic E-state index is -0.296. The van der Waals surface area contributed by atoms with Crippen LogP contribution in [0.5, 0.6) is 0 Å². The van der Waals surface area contributed by atoms with Crippen LogP contribution in [-0.4, -0.2) is 169 Å². The van der Waals surface area contributed by atoms with Gasteiger partial charge in [0, 0.05) is 167 Å². The highest BCUT2D eigenvalue weighted by Crippen LogP contribution is 2.38. The molecule has 0 spiro atoms. The molecule has 6 aromatic carbocycles. The number of amides is 6. The fourth-order valence-electron chi connectivity index (χ4n) is 16.3. The number of likely N-dealkylation sites (tertiary alicyclic amines) is 3. The number of rotatable bonds is 12. The van der Waals surface area contributed by atoms with E-state index in [0.29, 0.717) is 94.0 Å². The van der Waals surface area contributed by atoms with Crippen LogP contribution in [0.2, 0.25) is 0 Å². The van der Waals surface area contributed by atoms with Gasteiger partial charge in [0.1, 0.15) is 0 Å². The highest BCUT2D eigenvalue weighted by molar-refractivity contribution is 6.02. The molecule has 27 heteroatoms. The Balaban J connectivity index is 0.000000124. The third kappa shape index (κ3) is 14.1. The van der Waals surface area contributed by atoms with Crippen molar-refractivity contribution in [2.75, 3.05) is 73.6 Å². The molecule has 27 nitrogen and oxygen atoms in total. The predicted molar refractivity (Wildman–Crippen MR) is 403 cm³/mol. The largest absolute Gasteiger partial charge is 0.342 e. The summed E-state index contributed by atoms with van der Waals surface area (Å²) < 4.78 is 22.5. The van der Waals surface area contributed by atoms with E-state index in [2.05, 4.69) is 45.7 Å². The summed E-state index contributed by atoms with van der Waals surface area (Å²) in [5, 5.41) is 29.4. The van der Waals surface area contributed by atoms with E-state index in [0.717, 1.165) is 122 Å². The second-order valence-corrected chi connectivity index (χ2v) is 29.2. The first-order valence-corrected chi connectivity index (χ1v) is 37.2. The number of hydrogen-bond donors (Lipinski definition) is 0. The molecule has 0 radical (unpaired) electrons. The van der Waals surface area contributed by atoms with Crippen molar-refractivity contribution < 1.29 is 42.3 Å². The number of para-hydroxylation sites is 3. The summed E-state index contributed by atoms with van der Waals surface area (Å²) in [6.45, 7) is 11.0. The summed E-state index contributed by atoms with van der Waals surface area (Å²) in [6.07, 6.45) is 5.36. The third-order valence-electron chi connectivity index (χ3n) is 22.3. The molecule has 6 saturated heterocycles. The Labute approximate surface area is 622 Å². The molecule has 0 bridgehead atoms. The Kier molecular flexibility index (Phi) is 19.3. The monoisotopic (exact) mass is 1450 g/mol. The van der Waals surface area contributed by atoms with E-state index >= 15 is 0 Å². The lowest BCUT2D eigenvalue weighted by Crippen LogP contribution is -2.42. The van der Waals surface area contributed by atoms with Crippen LogP contribution in [0.25, 0.3) is 66.9 Å². The zero-order valence-corrected chi connectivity index (χ0v) is 61.3. The maximum absolute atomic E-state index is 13.2. The zero-order chi connectivity index (χ0) is 74.4. The van der Waals surface area contributed by atoms with E-state index in [9.17, 15) is 28.8 Å². The number of nitrogens with zero attached hydrogens (tertiary/aromatic N) is 18. The average Bonchev–Trinajstić information content (AvgIpc) is 1.57. The normalized spacial score (nSPS) is 18.9. The standard InChI is InChI=1S/3C27H28N6O3/c3*1-17-22-9-8-19(14-23(22)31(2)29-17)25-28-26(36-30-25)18-10-12-32(13-11-18)27(35)20-15-24(34)33(16-20)21-6-4-3-5-7-21/h3*3-9,14,18,20H,10-13,15-16H2,1-2H3/t2*20-;/m10./s1. The van der Waals surface area contributed by atoms with Crippen molar-refractivity contribution in [3.63, 3.8) is 0 Å². The number of carbonyl (C=O) groups excluding carboxylic acids is 6. The topological polar surface area (TPSA) is 292 Å². The van der Waals surface area contributed by atoms with Gasteiger partial charge in [-0.2, -0.15) is 30.2 Å². The summed E-state index contributed by atoms with van der Waals surface area (Å²) in [5.41, 5.74) is 11.3. The number of hydrogen-bond acceptors (Lipinski definition) is 18. The SMILES string of the molecule is Cc1nn(C)c2cc(-c3noc(C4CCN(C(=O)C5CC(=O)N(c6ccccc6)C5)CC4)n3)ccc12.Cc1nn(C)c2cc(-c3noc(C4CCN(C(=O)[C@@H]5CC(=O)N(c6ccccc6)C5)CC4)n3)ccc12.Cc1nn(C)c2cc(-c3noc(C4CCN(C(=O)[C@H]5CC(=O)N(c6ccccc6)C5)CC4)n3)ccc12. The average molecular weight is 1450 g/mol. The minimum absolute atomic E-state index is 0.00676. The van der Waals surface area contributed by atoms with Crippen molar-refractivity contribution in [1.82, 2.24) is 74.5 Å². The fraction of sp³-hybridized carbons (Fsp3) is 0.370. The van der Waals surface area contributed by atoms with Crippen LogP contribution in [0.1, 0.15) is 110 Å². The number of fused-ring (bicyclic) bond motifs is 3. The predicted octanol–water partition coefficient (Wildman–Crippen LogP) is 11.1. The first kappa shape index (κ1) is 70.3. The Morgan fingerprint density at radius 2 is 0.620 bits per heavy atom. The molecule has 6 amide bonds. The van der Waals surface area contributed by atoms with Crippen LogP contribution in [0.4, 0.5) is 17.1 Å². The molecule has 1 unspecified atom stereocenters. The molecule has 18 rings (SSSR count). The molecule has 3 atom stereocenters. The van der Waals surface area contributed by atoms with E-state index in [1.165, 1.54) is 0 Å². The highest BCUT2D eigenvalue weighted by atomic mass is 16.5. The summed E-state index contributed by atoms with van der Waals surface area (Å²) in [4.78, 5) is 102. The number of piperidine rings is 3. The van der Waals surface area contributed by atoms with Crippen molar-refractivity contribution in [2.24, 2.45) is 38.9 Å². The van der Waals surface area contributed by atoms with Gasteiger partial charge in [0.15, 0.2) is 0 Å². The number of benzene rings is 6. The Morgan fingerprint density at radius 1 is 0.361 bits per heavy atom. The Morgan fingerprint density at radius 3 is 0.880 bits per heavy atom. The van der Waals surface area contributed by atoms with E-state index in [1.54, 1.807) is 14.7 Å². The van der Waals surface area contributed by atoms with E-state index in [1.807, 2.05) is 216 Å². The molecule has 0 aliphatic carbocycles. The smallest absolute Gasteiger partial charge is 0.230 e. The van der Waals surface area contributed by atoms with Crippen LogP contribution in [-0.2, 0) is 49.9 Å². The van der Waals surface area contributed by atoms with Crippen molar-refractivity contribution in [2.45, 2.75) is 96.3 Å². The van der Waals surface area contributed by atoms with Crippen molar-refractivity contribution in [3.05, 3.63) is 180 Å². The third-order valence-corrected chi connectivity index (χ3v) is 22.3. The van der Waals surface area contributed by atoms with Gasteiger partial charge in [0.2, 0.25) is 70.6 Å². The van der Waals surface area contributed by atoms with Crippen LogP contribution < -0.4 is 14.7 Å². The Hall–Kier alpha value is -12.0. The Bertz CT molecular complexity index is 4830. The van der Waals surface area contributed by atoms with Gasteiger partial charge in [0.05, 0.1) is 51.4 Å². The van der Waals surface area contributed by atoms with Gasteiger partial charge in [-0.3, -0.25) is 42.8 Å². The molecule has 552 valence electrons. The molecule has 0 N–H and O–H groups in total. The number of carbonyl (C=O) groups is 6. The molecule has 108 heavy (non-hydrogen) atoms. The van der Waals surface area contributed by atoms with Crippen molar-refractivity contribution in [3.8, 4) is 34.2 Å². The van der Waals surface area contributed by atoms with Gasteiger partial charge >= 0.3 is 0 Å². The van der Waals surface area contributed by atoms with Gasteiger partial charge < -0.3 is 43.0 Å². The first-order chi connectivity index (χ1) is 52.4. The summed E-state index contributed by atoms with van der Waals surface area (Å²) in [6, 6.07) is 46.9. The molecule has 6 aliphatic rings. The van der Waals surface area contributed by atoms with Gasteiger partial charge in [0.25, 0.3) is 0 Å².